The van der Waals surface area contributed by atoms with Crippen LogP contribution in [0.15, 0.2) is 53.5 Å². The summed E-state index contributed by atoms with van der Waals surface area (Å²) in [6.07, 6.45) is 1.63. The zero-order valence-corrected chi connectivity index (χ0v) is 14.0. The van der Waals surface area contributed by atoms with Crippen LogP contribution in [0.2, 0.25) is 0 Å². The summed E-state index contributed by atoms with van der Waals surface area (Å²) in [7, 11) is 0. The Hall–Kier alpha value is -3.15. The lowest BCUT2D eigenvalue weighted by Gasteiger charge is -2.08. The van der Waals surface area contributed by atoms with Crippen LogP contribution in [0.25, 0.3) is 5.69 Å². The van der Waals surface area contributed by atoms with Gasteiger partial charge in [-0.2, -0.15) is 0 Å². The molecule has 0 spiro atoms. The Bertz CT molecular complexity index is 971. The molecule has 6 heteroatoms. The largest absolute Gasteiger partial charge is 0.348 e. The van der Waals surface area contributed by atoms with E-state index in [0.29, 0.717) is 23.4 Å². The summed E-state index contributed by atoms with van der Waals surface area (Å²) >= 11 is 0. The number of hydrogen-bond donors (Lipinski definition) is 2. The van der Waals surface area contributed by atoms with Crippen LogP contribution in [0.5, 0.6) is 0 Å². The van der Waals surface area contributed by atoms with Gasteiger partial charge in [0.2, 0.25) is 0 Å². The molecule has 0 unspecified atom stereocenters. The van der Waals surface area contributed by atoms with Crippen LogP contribution in [-0.4, -0.2) is 15.5 Å². The zero-order valence-electron chi connectivity index (χ0n) is 14.0. The Morgan fingerprint density at radius 1 is 1.16 bits per heavy atom. The van der Waals surface area contributed by atoms with E-state index in [1.54, 1.807) is 49.5 Å². The number of hydrogen-bond acceptors (Lipinski definition) is 2. The van der Waals surface area contributed by atoms with Crippen molar-refractivity contribution in [2.75, 3.05) is 0 Å². The fraction of sp³-hybridized carbons (Fsp3) is 0.158. The van der Waals surface area contributed by atoms with Gasteiger partial charge in [-0.1, -0.05) is 12.1 Å². The highest BCUT2D eigenvalue weighted by molar-refractivity contribution is 5.94. The van der Waals surface area contributed by atoms with Gasteiger partial charge >= 0.3 is 5.69 Å². The predicted octanol–water partition coefficient (Wildman–Crippen LogP) is 2.85. The predicted molar refractivity (Wildman–Crippen MR) is 93.4 cm³/mol. The summed E-state index contributed by atoms with van der Waals surface area (Å²) in [6.45, 7) is 3.83. The minimum absolute atomic E-state index is 0.221. The average Bonchev–Trinajstić information content (AvgIpc) is 2.94. The summed E-state index contributed by atoms with van der Waals surface area (Å²) in [5.41, 5.74) is 3.12. The monoisotopic (exact) mass is 339 g/mol. The SMILES string of the molecule is Cc1cc(CNC(=O)c2ccc(-n3c(C)c[nH]c3=O)cc2)ccc1F. The number of benzene rings is 2. The summed E-state index contributed by atoms with van der Waals surface area (Å²) in [6, 6.07) is 11.5. The van der Waals surface area contributed by atoms with Gasteiger partial charge in [-0.15, -0.1) is 0 Å². The number of H-pyrrole nitrogens is 1. The van der Waals surface area contributed by atoms with Crippen molar-refractivity contribution in [2.45, 2.75) is 20.4 Å². The van der Waals surface area contributed by atoms with E-state index in [0.717, 1.165) is 11.3 Å². The standard InChI is InChI=1S/C19H18FN3O2/c1-12-9-14(3-8-17(12)20)11-21-18(24)15-4-6-16(7-5-15)23-13(2)10-22-19(23)25/h3-10H,11H2,1-2H3,(H,21,24)(H,22,25). The maximum absolute atomic E-state index is 13.3. The first kappa shape index (κ1) is 16.7. The van der Waals surface area contributed by atoms with Crippen molar-refractivity contribution in [2.24, 2.45) is 0 Å². The molecule has 0 atom stereocenters. The van der Waals surface area contributed by atoms with E-state index in [1.165, 1.54) is 10.6 Å². The fourth-order valence-electron chi connectivity index (χ4n) is 2.64. The molecule has 0 fully saturated rings. The molecule has 0 saturated carbocycles. The second-order valence-corrected chi connectivity index (χ2v) is 5.88. The van der Waals surface area contributed by atoms with Crippen molar-refractivity contribution < 1.29 is 9.18 Å². The first-order chi connectivity index (χ1) is 12.0. The quantitative estimate of drug-likeness (QED) is 0.767. The smallest absolute Gasteiger partial charge is 0.330 e. The number of amides is 1. The molecule has 1 amide bonds. The molecule has 1 heterocycles. The van der Waals surface area contributed by atoms with Crippen molar-refractivity contribution in [3.63, 3.8) is 0 Å². The molecule has 0 radical (unpaired) electrons. The maximum atomic E-state index is 13.3. The number of halogens is 1. The lowest BCUT2D eigenvalue weighted by molar-refractivity contribution is 0.0951. The van der Waals surface area contributed by atoms with Crippen molar-refractivity contribution in [1.29, 1.82) is 0 Å². The van der Waals surface area contributed by atoms with Crippen molar-refractivity contribution in [3.05, 3.63) is 87.3 Å². The normalized spacial score (nSPS) is 10.7. The Morgan fingerprint density at radius 3 is 2.48 bits per heavy atom. The number of rotatable bonds is 4. The van der Waals surface area contributed by atoms with Gasteiger partial charge in [0.25, 0.3) is 5.91 Å². The van der Waals surface area contributed by atoms with E-state index in [9.17, 15) is 14.0 Å². The molecule has 2 N–H and O–H groups in total. The van der Waals surface area contributed by atoms with Crippen LogP contribution in [0.3, 0.4) is 0 Å². The lowest BCUT2D eigenvalue weighted by Crippen LogP contribution is -2.23. The highest BCUT2D eigenvalue weighted by atomic mass is 19.1. The van der Waals surface area contributed by atoms with Gasteiger partial charge in [-0.3, -0.25) is 9.36 Å². The number of aromatic nitrogens is 2. The van der Waals surface area contributed by atoms with Crippen LogP contribution in [0.1, 0.15) is 27.2 Å². The molecular weight excluding hydrogens is 321 g/mol. The molecule has 0 aliphatic rings. The van der Waals surface area contributed by atoms with Gasteiger partial charge in [-0.05, 0) is 55.3 Å². The first-order valence-electron chi connectivity index (χ1n) is 7.86. The molecule has 0 saturated heterocycles. The van der Waals surface area contributed by atoms with Gasteiger partial charge in [0.1, 0.15) is 5.82 Å². The highest BCUT2D eigenvalue weighted by Gasteiger charge is 2.09. The molecule has 2 aromatic carbocycles. The third-order valence-corrected chi connectivity index (χ3v) is 4.02. The number of imidazole rings is 1. The third kappa shape index (κ3) is 3.52. The van der Waals surface area contributed by atoms with Crippen LogP contribution < -0.4 is 11.0 Å². The molecule has 0 aliphatic carbocycles. The molecule has 5 nitrogen and oxygen atoms in total. The maximum Gasteiger partial charge on any atom is 0.330 e. The van der Waals surface area contributed by atoms with Gasteiger partial charge in [0.05, 0.1) is 5.69 Å². The van der Waals surface area contributed by atoms with Crippen LogP contribution >= 0.6 is 0 Å². The Morgan fingerprint density at radius 2 is 1.88 bits per heavy atom. The van der Waals surface area contributed by atoms with Gasteiger partial charge in [-0.25, -0.2) is 9.18 Å². The summed E-state index contributed by atoms with van der Waals surface area (Å²) in [5.74, 6) is -0.493. The molecule has 3 aromatic rings. The van der Waals surface area contributed by atoms with E-state index in [4.69, 9.17) is 0 Å². The molecule has 1 aromatic heterocycles. The van der Waals surface area contributed by atoms with Crippen LogP contribution in [-0.2, 0) is 6.54 Å². The van der Waals surface area contributed by atoms with Crippen LogP contribution in [0, 0.1) is 19.7 Å². The van der Waals surface area contributed by atoms with Crippen molar-refractivity contribution in [3.8, 4) is 5.69 Å². The van der Waals surface area contributed by atoms with E-state index in [2.05, 4.69) is 10.3 Å². The average molecular weight is 339 g/mol. The van der Waals surface area contributed by atoms with Gasteiger partial charge in [0.15, 0.2) is 0 Å². The van der Waals surface area contributed by atoms with Crippen LogP contribution in [0.4, 0.5) is 4.39 Å². The number of aryl methyl sites for hydroxylation is 2. The molecular formula is C19H18FN3O2. The Balaban J connectivity index is 1.70. The molecule has 0 bridgehead atoms. The Labute approximate surface area is 144 Å². The van der Waals surface area contributed by atoms with Crippen molar-refractivity contribution >= 4 is 5.91 Å². The van der Waals surface area contributed by atoms with E-state index in [-0.39, 0.29) is 17.4 Å². The summed E-state index contributed by atoms with van der Waals surface area (Å²) in [4.78, 5) is 26.6. The number of carbonyl (C=O) groups excluding carboxylic acids is 1. The first-order valence-corrected chi connectivity index (χ1v) is 7.86. The second kappa shape index (κ2) is 6.76. The summed E-state index contributed by atoms with van der Waals surface area (Å²) in [5, 5.41) is 2.80. The summed E-state index contributed by atoms with van der Waals surface area (Å²) < 4.78 is 14.8. The fourth-order valence-corrected chi connectivity index (χ4v) is 2.64. The molecule has 3 rings (SSSR count). The number of aromatic amines is 1. The molecule has 128 valence electrons. The molecule has 0 aliphatic heterocycles. The minimum atomic E-state index is -0.263. The minimum Gasteiger partial charge on any atom is -0.348 e. The van der Waals surface area contributed by atoms with Gasteiger partial charge in [0, 0.05) is 24.0 Å². The van der Waals surface area contributed by atoms with E-state index < -0.39 is 0 Å². The Kier molecular flexibility index (Phi) is 4.52. The van der Waals surface area contributed by atoms with Crippen molar-refractivity contribution in [1.82, 2.24) is 14.9 Å². The number of carbonyl (C=O) groups is 1. The highest BCUT2D eigenvalue weighted by Crippen LogP contribution is 2.11. The zero-order chi connectivity index (χ0) is 18.0. The third-order valence-electron chi connectivity index (χ3n) is 4.02. The topological polar surface area (TPSA) is 66.9 Å². The number of nitrogens with one attached hydrogen (secondary N) is 2. The number of nitrogens with zero attached hydrogens (tertiary/aromatic N) is 1. The molecule has 25 heavy (non-hydrogen) atoms. The second-order valence-electron chi connectivity index (χ2n) is 5.88. The van der Waals surface area contributed by atoms with Gasteiger partial charge < -0.3 is 10.3 Å². The van der Waals surface area contributed by atoms with E-state index >= 15 is 0 Å². The lowest BCUT2D eigenvalue weighted by atomic mass is 10.1. The van der Waals surface area contributed by atoms with E-state index in [1.807, 2.05) is 6.92 Å².